The number of nitriles is 1. The minimum atomic E-state index is -0.794. The second-order valence-corrected chi connectivity index (χ2v) is 23.4. The van der Waals surface area contributed by atoms with Gasteiger partial charge < -0.3 is 9.47 Å². The van der Waals surface area contributed by atoms with E-state index in [4.69, 9.17) is 29.4 Å². The van der Waals surface area contributed by atoms with Gasteiger partial charge in [0, 0.05) is 77.8 Å². The first kappa shape index (κ1) is 48.5. The standard InChI is InChI=1S/C81H45N5O2/c82-46-53-32-31-51(69-37-33-49-29-30-50-34-38-70(85-78(50)77(49)84-69)52-36-40-74-67(44-52)80(65-23-9-11-25-72(65)87-74)61-19-5-1-15-55(61)56-16-2-6-20-62(56)80)42-59(53)60-43-54(71-39-35-48-28-27-47-14-13-41-83-75(47)76(48)86-71)45-68-79(60)88-73-26-12-10-24-66(73)81(68)63-21-7-3-17-57(63)58-18-4-8-22-64(58)81/h1-45H. The van der Waals surface area contributed by atoms with Crippen LogP contribution in [0.5, 0.6) is 23.0 Å². The number of para-hydroxylation sites is 2. The van der Waals surface area contributed by atoms with Gasteiger partial charge in [-0.2, -0.15) is 5.26 Å². The highest BCUT2D eigenvalue weighted by atomic mass is 16.5. The lowest BCUT2D eigenvalue weighted by Gasteiger charge is -2.40. The Morgan fingerprint density at radius 1 is 0.295 bits per heavy atom. The lowest BCUT2D eigenvalue weighted by molar-refractivity contribution is 0.436. The highest BCUT2D eigenvalue weighted by molar-refractivity contribution is 6.06. The zero-order valence-electron chi connectivity index (χ0n) is 47.0. The van der Waals surface area contributed by atoms with Crippen molar-refractivity contribution in [3.63, 3.8) is 0 Å². The van der Waals surface area contributed by atoms with Crippen LogP contribution in [0.4, 0.5) is 0 Å². The maximum atomic E-state index is 11.3. The first-order valence-corrected chi connectivity index (χ1v) is 29.7. The van der Waals surface area contributed by atoms with Gasteiger partial charge in [0.1, 0.15) is 23.0 Å². The van der Waals surface area contributed by atoms with Crippen molar-refractivity contribution in [3.8, 4) is 96.2 Å². The van der Waals surface area contributed by atoms with Crippen molar-refractivity contribution in [3.05, 3.63) is 323 Å². The predicted molar refractivity (Wildman–Crippen MR) is 349 cm³/mol. The van der Waals surface area contributed by atoms with E-state index in [9.17, 15) is 5.26 Å². The molecule has 4 aromatic heterocycles. The van der Waals surface area contributed by atoms with E-state index < -0.39 is 10.8 Å². The lowest BCUT2D eigenvalue weighted by Crippen LogP contribution is -2.32. The SMILES string of the molecule is N#Cc1ccc(-c2ccc3ccc4ccc(-c5ccc6c(c5)C5(c7ccccc7O6)c6ccccc6-c6ccccc65)nc4c3n2)cc1-c1cc(-c2ccc3ccc4cccnc4c3n2)cc2c1Oc1ccccc1C21c2ccccc2-c2ccccc21. The maximum absolute atomic E-state index is 11.3. The van der Waals surface area contributed by atoms with Gasteiger partial charge in [0.05, 0.1) is 61.6 Å². The predicted octanol–water partition coefficient (Wildman–Crippen LogP) is 19.4. The van der Waals surface area contributed by atoms with Crippen molar-refractivity contribution in [2.45, 2.75) is 10.8 Å². The molecule has 7 heteroatoms. The third kappa shape index (κ3) is 6.55. The fourth-order valence-corrected chi connectivity index (χ4v) is 15.3. The first-order chi connectivity index (χ1) is 43.5. The Balaban J connectivity index is 0.800. The minimum absolute atomic E-state index is 0.497. The molecule has 406 valence electrons. The molecule has 4 aliphatic rings. The Hall–Kier alpha value is -11.9. The average molecular weight is 1120 g/mol. The first-order valence-electron chi connectivity index (χ1n) is 29.7. The van der Waals surface area contributed by atoms with Crippen LogP contribution in [0, 0.1) is 11.3 Å². The number of ether oxygens (including phenoxy) is 2. The molecule has 0 saturated carbocycles. The van der Waals surface area contributed by atoms with Crippen LogP contribution >= 0.6 is 0 Å². The largest absolute Gasteiger partial charge is 0.457 e. The van der Waals surface area contributed by atoms with Gasteiger partial charge in [-0.05, 0) is 123 Å². The molecule has 2 spiro atoms. The summed E-state index contributed by atoms with van der Waals surface area (Å²) in [5.41, 5.74) is 22.6. The fourth-order valence-electron chi connectivity index (χ4n) is 15.3. The molecule has 88 heavy (non-hydrogen) atoms. The van der Waals surface area contributed by atoms with E-state index in [-0.39, 0.29) is 0 Å². The minimum Gasteiger partial charge on any atom is -0.457 e. The van der Waals surface area contributed by atoms with Crippen molar-refractivity contribution >= 4 is 43.6 Å². The van der Waals surface area contributed by atoms with Gasteiger partial charge in [0.15, 0.2) is 0 Å². The number of fused-ring (bicyclic) bond motifs is 24. The van der Waals surface area contributed by atoms with Crippen LogP contribution in [0.1, 0.15) is 50.1 Å². The van der Waals surface area contributed by atoms with Crippen molar-refractivity contribution in [2.24, 2.45) is 0 Å². The molecule has 2 aliphatic heterocycles. The van der Waals surface area contributed by atoms with Gasteiger partial charge in [0.25, 0.3) is 0 Å². The number of rotatable bonds is 4. The van der Waals surface area contributed by atoms with Crippen molar-refractivity contribution in [1.82, 2.24) is 19.9 Å². The maximum Gasteiger partial charge on any atom is 0.140 e. The van der Waals surface area contributed by atoms with Gasteiger partial charge in [-0.25, -0.2) is 15.0 Å². The van der Waals surface area contributed by atoms with Crippen molar-refractivity contribution in [1.29, 1.82) is 5.26 Å². The Morgan fingerprint density at radius 2 is 0.705 bits per heavy atom. The Bertz CT molecular complexity index is 5550. The summed E-state index contributed by atoms with van der Waals surface area (Å²) < 4.78 is 14.1. The number of pyridine rings is 4. The van der Waals surface area contributed by atoms with E-state index in [0.29, 0.717) is 16.9 Å². The topological polar surface area (TPSA) is 93.8 Å². The molecule has 0 radical (unpaired) electrons. The van der Waals surface area contributed by atoms with Crippen LogP contribution in [0.3, 0.4) is 0 Å². The van der Waals surface area contributed by atoms with E-state index in [1.807, 2.05) is 30.5 Å². The Kier molecular flexibility index (Phi) is 9.97. The molecule has 11 aromatic carbocycles. The molecule has 0 N–H and O–H groups in total. The summed E-state index contributed by atoms with van der Waals surface area (Å²) in [6.07, 6.45) is 1.83. The number of nitrogens with zero attached hydrogens (tertiary/aromatic N) is 5. The summed E-state index contributed by atoms with van der Waals surface area (Å²) in [6, 6.07) is 96.7. The van der Waals surface area contributed by atoms with Crippen LogP contribution in [0.2, 0.25) is 0 Å². The molecule has 0 unspecified atom stereocenters. The highest BCUT2D eigenvalue weighted by Gasteiger charge is 2.53. The molecule has 15 aromatic rings. The zero-order valence-corrected chi connectivity index (χ0v) is 47.0. The van der Waals surface area contributed by atoms with Crippen LogP contribution in [-0.4, -0.2) is 19.9 Å². The molecule has 0 fully saturated rings. The van der Waals surface area contributed by atoms with Gasteiger partial charge in [-0.3, -0.25) is 4.98 Å². The number of hydrogen-bond donors (Lipinski definition) is 0. The second-order valence-electron chi connectivity index (χ2n) is 23.4. The Labute approximate surface area is 505 Å². The van der Waals surface area contributed by atoms with Gasteiger partial charge in [0.2, 0.25) is 0 Å². The van der Waals surface area contributed by atoms with Gasteiger partial charge >= 0.3 is 0 Å². The summed E-state index contributed by atoms with van der Waals surface area (Å²) >= 11 is 0. The average Bonchev–Trinajstić information content (AvgIpc) is 1.48. The third-order valence-electron chi connectivity index (χ3n) is 19.1. The zero-order chi connectivity index (χ0) is 57.8. The number of hydrogen-bond acceptors (Lipinski definition) is 7. The van der Waals surface area contributed by atoms with E-state index in [1.165, 1.54) is 33.4 Å². The van der Waals surface area contributed by atoms with Gasteiger partial charge in [-0.1, -0.05) is 188 Å². The summed E-state index contributed by atoms with van der Waals surface area (Å²) in [6.45, 7) is 0. The van der Waals surface area contributed by atoms with Gasteiger partial charge in [-0.15, -0.1) is 0 Å². The molecular formula is C81H45N5O2. The van der Waals surface area contributed by atoms with Crippen molar-refractivity contribution in [2.75, 3.05) is 0 Å². The summed E-state index contributed by atoms with van der Waals surface area (Å²) in [5, 5.41) is 15.2. The molecular weight excluding hydrogens is 1070 g/mol. The number of aromatic nitrogens is 4. The molecule has 0 saturated heterocycles. The smallest absolute Gasteiger partial charge is 0.140 e. The molecule has 19 rings (SSSR count). The summed E-state index contributed by atoms with van der Waals surface area (Å²) in [4.78, 5) is 21.4. The van der Waals surface area contributed by atoms with Crippen molar-refractivity contribution < 1.29 is 9.47 Å². The fraction of sp³-hybridized carbons (Fsp3) is 0.0247. The van der Waals surface area contributed by atoms with E-state index in [0.717, 1.165) is 134 Å². The summed E-state index contributed by atoms with van der Waals surface area (Å²) in [5.74, 6) is 3.11. The normalized spacial score (nSPS) is 13.8. The van der Waals surface area contributed by atoms with Crippen LogP contribution in [0.25, 0.3) is 111 Å². The molecule has 0 amide bonds. The lowest BCUT2D eigenvalue weighted by atomic mass is 9.65. The van der Waals surface area contributed by atoms with E-state index in [2.05, 4.69) is 249 Å². The van der Waals surface area contributed by atoms with E-state index >= 15 is 0 Å². The number of benzene rings is 11. The molecule has 2 aliphatic carbocycles. The van der Waals surface area contributed by atoms with Crippen LogP contribution in [-0.2, 0) is 10.8 Å². The monoisotopic (exact) mass is 1120 g/mol. The third-order valence-corrected chi connectivity index (χ3v) is 19.1. The quantitative estimate of drug-likeness (QED) is 0.162. The van der Waals surface area contributed by atoms with E-state index in [1.54, 1.807) is 0 Å². The molecule has 0 bridgehead atoms. The summed E-state index contributed by atoms with van der Waals surface area (Å²) in [7, 11) is 0. The second kappa shape index (κ2) is 18.1. The van der Waals surface area contributed by atoms with Crippen LogP contribution in [0.15, 0.2) is 273 Å². The molecule has 0 atom stereocenters. The molecule has 7 nitrogen and oxygen atoms in total. The Morgan fingerprint density at radius 3 is 1.26 bits per heavy atom. The highest BCUT2D eigenvalue weighted by Crippen LogP contribution is 2.65. The molecule has 6 heterocycles. The van der Waals surface area contributed by atoms with Crippen LogP contribution < -0.4 is 9.47 Å².